The zero-order valence-corrected chi connectivity index (χ0v) is 9.80. The molecule has 0 aliphatic carbocycles. The second-order valence-corrected chi connectivity index (χ2v) is 4.47. The van der Waals surface area contributed by atoms with Crippen molar-refractivity contribution in [1.29, 1.82) is 0 Å². The van der Waals surface area contributed by atoms with Crippen LogP contribution in [0.15, 0.2) is 24.3 Å². The Morgan fingerprint density at radius 2 is 2.24 bits per heavy atom. The van der Waals surface area contributed by atoms with Crippen molar-refractivity contribution in [2.24, 2.45) is 11.7 Å². The number of anilines is 1. The van der Waals surface area contributed by atoms with Gasteiger partial charge in [-0.05, 0) is 18.9 Å². The number of primary amides is 1. The van der Waals surface area contributed by atoms with Gasteiger partial charge in [0.2, 0.25) is 5.91 Å². The molecule has 1 heterocycles. The quantitative estimate of drug-likeness (QED) is 0.816. The van der Waals surface area contributed by atoms with Gasteiger partial charge in [0.15, 0.2) is 0 Å². The number of para-hydroxylation sites is 1. The van der Waals surface area contributed by atoms with Gasteiger partial charge in [-0.25, -0.2) is 0 Å². The fourth-order valence-corrected chi connectivity index (χ4v) is 2.38. The van der Waals surface area contributed by atoms with Crippen molar-refractivity contribution >= 4 is 11.6 Å². The van der Waals surface area contributed by atoms with Crippen LogP contribution in [0.1, 0.15) is 18.4 Å². The van der Waals surface area contributed by atoms with Gasteiger partial charge in [0.1, 0.15) is 0 Å². The van der Waals surface area contributed by atoms with Crippen LogP contribution < -0.4 is 10.6 Å². The van der Waals surface area contributed by atoms with Crippen LogP contribution in [0.25, 0.3) is 0 Å². The molecule has 4 heteroatoms. The van der Waals surface area contributed by atoms with Crippen LogP contribution in [0, 0.1) is 5.92 Å². The lowest BCUT2D eigenvalue weighted by Gasteiger charge is -2.34. The van der Waals surface area contributed by atoms with Crippen LogP contribution in [0.5, 0.6) is 0 Å². The van der Waals surface area contributed by atoms with E-state index in [0.29, 0.717) is 6.54 Å². The SMILES string of the molecule is NC(=O)C1CCCN(c2ccccc2CO)C1. The van der Waals surface area contributed by atoms with Gasteiger partial charge in [-0.3, -0.25) is 4.79 Å². The number of nitrogens with zero attached hydrogens (tertiary/aromatic N) is 1. The van der Waals surface area contributed by atoms with Gasteiger partial charge in [0.05, 0.1) is 12.5 Å². The molecule has 4 nitrogen and oxygen atoms in total. The van der Waals surface area contributed by atoms with E-state index in [1.54, 1.807) is 0 Å². The predicted octanol–water partition coefficient (Wildman–Crippen LogP) is 0.881. The summed E-state index contributed by atoms with van der Waals surface area (Å²) >= 11 is 0. The molecule has 1 amide bonds. The molecular formula is C13H18N2O2. The fourth-order valence-electron chi connectivity index (χ4n) is 2.38. The second-order valence-electron chi connectivity index (χ2n) is 4.47. The third kappa shape index (κ3) is 2.58. The first-order chi connectivity index (χ1) is 8.22. The Hall–Kier alpha value is -1.55. The molecule has 3 N–H and O–H groups in total. The first-order valence-corrected chi connectivity index (χ1v) is 5.95. The standard InChI is InChI=1S/C13H18N2O2/c14-13(17)10-5-3-7-15(8-10)12-6-2-1-4-11(12)9-16/h1-2,4,6,10,16H,3,5,7-9H2,(H2,14,17). The summed E-state index contributed by atoms with van der Waals surface area (Å²) in [6.45, 7) is 1.60. The average Bonchev–Trinajstić information content (AvgIpc) is 2.39. The zero-order valence-electron chi connectivity index (χ0n) is 9.80. The van der Waals surface area contributed by atoms with Crippen LogP contribution in [0.3, 0.4) is 0 Å². The Kier molecular flexibility index (Phi) is 3.64. The number of hydrogen-bond acceptors (Lipinski definition) is 3. The van der Waals surface area contributed by atoms with E-state index in [-0.39, 0.29) is 18.4 Å². The van der Waals surface area contributed by atoms with Crippen molar-refractivity contribution in [1.82, 2.24) is 0 Å². The molecule has 0 aromatic heterocycles. The van der Waals surface area contributed by atoms with Crippen LogP contribution >= 0.6 is 0 Å². The highest BCUT2D eigenvalue weighted by molar-refractivity contribution is 5.77. The lowest BCUT2D eigenvalue weighted by molar-refractivity contribution is -0.122. The topological polar surface area (TPSA) is 66.6 Å². The van der Waals surface area contributed by atoms with Crippen molar-refractivity contribution in [3.63, 3.8) is 0 Å². The molecule has 1 atom stereocenters. The number of amides is 1. The van der Waals surface area contributed by atoms with Crippen molar-refractivity contribution in [2.75, 3.05) is 18.0 Å². The number of nitrogens with two attached hydrogens (primary N) is 1. The van der Waals surface area contributed by atoms with Crippen molar-refractivity contribution in [3.05, 3.63) is 29.8 Å². The number of benzene rings is 1. The lowest BCUT2D eigenvalue weighted by Crippen LogP contribution is -2.41. The monoisotopic (exact) mass is 234 g/mol. The zero-order chi connectivity index (χ0) is 12.3. The Morgan fingerprint density at radius 3 is 2.94 bits per heavy atom. The number of aliphatic hydroxyl groups is 1. The van der Waals surface area contributed by atoms with E-state index in [9.17, 15) is 9.90 Å². The normalized spacial score (nSPS) is 20.3. The van der Waals surface area contributed by atoms with Crippen molar-refractivity contribution in [2.45, 2.75) is 19.4 Å². The first kappa shape index (κ1) is 11.9. The van der Waals surface area contributed by atoms with Crippen molar-refractivity contribution < 1.29 is 9.90 Å². The minimum absolute atomic E-state index is 0.0217. The molecule has 0 spiro atoms. The van der Waals surface area contributed by atoms with Crippen molar-refractivity contribution in [3.8, 4) is 0 Å². The van der Waals surface area contributed by atoms with Gasteiger partial charge in [-0.15, -0.1) is 0 Å². The molecule has 0 saturated carbocycles. The largest absolute Gasteiger partial charge is 0.392 e. The van der Waals surface area contributed by atoms with E-state index in [4.69, 9.17) is 5.73 Å². The molecule has 1 saturated heterocycles. The molecule has 92 valence electrons. The van der Waals surface area contributed by atoms with Crippen LogP contribution in [0.4, 0.5) is 5.69 Å². The molecule has 1 unspecified atom stereocenters. The maximum atomic E-state index is 11.2. The van der Waals surface area contributed by atoms with Gasteiger partial charge < -0.3 is 15.7 Å². The molecule has 1 fully saturated rings. The highest BCUT2D eigenvalue weighted by Gasteiger charge is 2.24. The molecule has 0 bridgehead atoms. The number of rotatable bonds is 3. The lowest BCUT2D eigenvalue weighted by atomic mass is 9.96. The van der Waals surface area contributed by atoms with Gasteiger partial charge in [-0.2, -0.15) is 0 Å². The summed E-state index contributed by atoms with van der Waals surface area (Å²) in [5.74, 6) is -0.299. The van der Waals surface area contributed by atoms with E-state index in [2.05, 4.69) is 4.90 Å². The molecule has 1 aromatic rings. The molecular weight excluding hydrogens is 216 g/mol. The first-order valence-electron chi connectivity index (χ1n) is 5.95. The summed E-state index contributed by atoms with van der Waals surface area (Å²) in [7, 11) is 0. The summed E-state index contributed by atoms with van der Waals surface area (Å²) in [5, 5.41) is 9.31. The maximum Gasteiger partial charge on any atom is 0.222 e. The van der Waals surface area contributed by atoms with Crippen LogP contribution in [0.2, 0.25) is 0 Å². The number of hydrogen-bond donors (Lipinski definition) is 2. The summed E-state index contributed by atoms with van der Waals surface area (Å²) < 4.78 is 0. The van der Waals surface area contributed by atoms with Gasteiger partial charge in [-0.1, -0.05) is 18.2 Å². The van der Waals surface area contributed by atoms with E-state index >= 15 is 0 Å². The second kappa shape index (κ2) is 5.19. The van der Waals surface area contributed by atoms with Crippen LogP contribution in [-0.4, -0.2) is 24.1 Å². The minimum Gasteiger partial charge on any atom is -0.392 e. The van der Waals surface area contributed by atoms with Gasteiger partial charge in [0, 0.05) is 24.3 Å². The van der Waals surface area contributed by atoms with Gasteiger partial charge in [0.25, 0.3) is 0 Å². The Morgan fingerprint density at radius 1 is 1.47 bits per heavy atom. The van der Waals surface area contributed by atoms with Crippen LogP contribution in [-0.2, 0) is 11.4 Å². The fraction of sp³-hybridized carbons (Fsp3) is 0.462. The number of carbonyl (C=O) groups excluding carboxylic acids is 1. The highest BCUT2D eigenvalue weighted by Crippen LogP contribution is 2.26. The minimum atomic E-state index is -0.226. The third-order valence-corrected chi connectivity index (χ3v) is 3.33. The number of carbonyl (C=O) groups is 1. The number of aliphatic hydroxyl groups excluding tert-OH is 1. The number of piperidine rings is 1. The Labute approximate surface area is 101 Å². The Balaban J connectivity index is 2.18. The molecule has 0 radical (unpaired) electrons. The molecule has 1 aliphatic heterocycles. The third-order valence-electron chi connectivity index (χ3n) is 3.33. The molecule has 1 aliphatic rings. The Bertz CT molecular complexity index is 406. The van der Waals surface area contributed by atoms with E-state index in [0.717, 1.165) is 30.6 Å². The summed E-state index contributed by atoms with van der Waals surface area (Å²) in [6.07, 6.45) is 1.83. The van der Waals surface area contributed by atoms with E-state index in [1.165, 1.54) is 0 Å². The maximum absolute atomic E-state index is 11.2. The predicted molar refractivity (Wildman–Crippen MR) is 66.5 cm³/mol. The van der Waals surface area contributed by atoms with Gasteiger partial charge >= 0.3 is 0 Å². The summed E-state index contributed by atoms with van der Waals surface area (Å²) in [4.78, 5) is 13.4. The highest BCUT2D eigenvalue weighted by atomic mass is 16.3. The van der Waals surface area contributed by atoms with E-state index < -0.39 is 0 Å². The van der Waals surface area contributed by atoms with E-state index in [1.807, 2.05) is 24.3 Å². The molecule has 17 heavy (non-hydrogen) atoms. The smallest absolute Gasteiger partial charge is 0.222 e. The summed E-state index contributed by atoms with van der Waals surface area (Å²) in [6, 6.07) is 7.74. The summed E-state index contributed by atoms with van der Waals surface area (Å²) in [5.41, 5.74) is 7.28. The average molecular weight is 234 g/mol. The molecule has 1 aromatic carbocycles. The molecule has 2 rings (SSSR count).